The summed E-state index contributed by atoms with van der Waals surface area (Å²) in [6, 6.07) is 5.95. The number of nitrogens with zero attached hydrogens (tertiary/aromatic N) is 5. The van der Waals surface area contributed by atoms with E-state index < -0.39 is 0 Å². The van der Waals surface area contributed by atoms with Gasteiger partial charge in [-0.2, -0.15) is 0 Å². The van der Waals surface area contributed by atoms with Crippen molar-refractivity contribution >= 4 is 23.5 Å². The monoisotopic (exact) mass is 385 g/mol. The van der Waals surface area contributed by atoms with Crippen LogP contribution in [0.3, 0.4) is 0 Å². The summed E-state index contributed by atoms with van der Waals surface area (Å²) in [5.41, 5.74) is 0.511. The number of halogens is 1. The van der Waals surface area contributed by atoms with Gasteiger partial charge in [-0.05, 0) is 25.1 Å². The predicted molar refractivity (Wildman–Crippen MR) is 104 cm³/mol. The molecule has 8 heteroatoms. The molecule has 7 nitrogen and oxygen atoms in total. The van der Waals surface area contributed by atoms with Crippen LogP contribution in [0.2, 0.25) is 0 Å². The first-order valence-electron chi connectivity index (χ1n) is 9.67. The molecule has 0 N–H and O–H groups in total. The van der Waals surface area contributed by atoms with Crippen LogP contribution in [0.15, 0.2) is 36.7 Å². The standard InChI is InChI=1S/C20H24FN5O2/c1-2-23-7-6-22-20(23)25-10-8-24(9-11-25)19(28)15-12-18(27)26(14-15)17-5-3-4-16(21)13-17/h3-7,13,15H,2,8-12,14H2,1H3. The second kappa shape index (κ2) is 7.61. The molecule has 0 aliphatic carbocycles. The van der Waals surface area contributed by atoms with E-state index in [0.29, 0.717) is 25.3 Å². The zero-order valence-corrected chi connectivity index (χ0v) is 15.9. The van der Waals surface area contributed by atoms with Gasteiger partial charge >= 0.3 is 0 Å². The van der Waals surface area contributed by atoms with Crippen LogP contribution in [0, 0.1) is 11.7 Å². The molecule has 1 atom stereocenters. The third-order valence-electron chi connectivity index (χ3n) is 5.50. The first-order chi connectivity index (χ1) is 13.6. The summed E-state index contributed by atoms with van der Waals surface area (Å²) in [6.07, 6.45) is 3.93. The smallest absolute Gasteiger partial charge is 0.228 e. The Morgan fingerprint density at radius 3 is 2.75 bits per heavy atom. The zero-order chi connectivity index (χ0) is 19.7. The highest BCUT2D eigenvalue weighted by molar-refractivity contribution is 6.00. The van der Waals surface area contributed by atoms with E-state index in [1.54, 1.807) is 18.3 Å². The Hall–Kier alpha value is -2.90. The molecule has 2 fully saturated rings. The van der Waals surface area contributed by atoms with Crippen molar-refractivity contribution in [3.8, 4) is 0 Å². The number of anilines is 2. The van der Waals surface area contributed by atoms with Gasteiger partial charge in [-0.25, -0.2) is 9.37 Å². The number of aromatic nitrogens is 2. The lowest BCUT2D eigenvalue weighted by Crippen LogP contribution is -2.51. The largest absolute Gasteiger partial charge is 0.339 e. The molecule has 0 spiro atoms. The molecule has 3 heterocycles. The molecule has 0 saturated carbocycles. The number of piperazine rings is 1. The maximum atomic E-state index is 13.5. The number of amides is 2. The van der Waals surface area contributed by atoms with Crippen LogP contribution in [0.25, 0.3) is 0 Å². The Kier molecular flexibility index (Phi) is 5.02. The van der Waals surface area contributed by atoms with Gasteiger partial charge in [0.15, 0.2) is 0 Å². The van der Waals surface area contributed by atoms with Crippen LogP contribution in [0.1, 0.15) is 13.3 Å². The molecule has 1 aromatic heterocycles. The Bertz CT molecular complexity index is 875. The summed E-state index contributed by atoms with van der Waals surface area (Å²) < 4.78 is 15.6. The third kappa shape index (κ3) is 3.46. The van der Waals surface area contributed by atoms with Crippen LogP contribution >= 0.6 is 0 Å². The van der Waals surface area contributed by atoms with Gasteiger partial charge in [0.1, 0.15) is 5.82 Å². The number of hydrogen-bond acceptors (Lipinski definition) is 4. The zero-order valence-electron chi connectivity index (χ0n) is 15.9. The summed E-state index contributed by atoms with van der Waals surface area (Å²) >= 11 is 0. The molecule has 1 unspecified atom stereocenters. The molecule has 28 heavy (non-hydrogen) atoms. The van der Waals surface area contributed by atoms with Gasteiger partial charge in [0.25, 0.3) is 0 Å². The van der Waals surface area contributed by atoms with Crippen molar-refractivity contribution in [1.29, 1.82) is 0 Å². The molecule has 0 bridgehead atoms. The average molecular weight is 385 g/mol. The van der Waals surface area contributed by atoms with E-state index in [0.717, 1.165) is 25.6 Å². The molecule has 2 aliphatic rings. The summed E-state index contributed by atoms with van der Waals surface area (Å²) in [6.45, 7) is 5.90. The second-order valence-corrected chi connectivity index (χ2v) is 7.21. The summed E-state index contributed by atoms with van der Waals surface area (Å²) in [7, 11) is 0. The summed E-state index contributed by atoms with van der Waals surface area (Å²) in [4.78, 5) is 35.3. The topological polar surface area (TPSA) is 61.7 Å². The van der Waals surface area contributed by atoms with E-state index in [1.807, 2.05) is 11.1 Å². The van der Waals surface area contributed by atoms with Gasteiger partial charge < -0.3 is 19.3 Å². The van der Waals surface area contributed by atoms with E-state index in [-0.39, 0.29) is 30.0 Å². The van der Waals surface area contributed by atoms with Crippen molar-refractivity contribution in [3.05, 3.63) is 42.5 Å². The van der Waals surface area contributed by atoms with Crippen molar-refractivity contribution in [2.45, 2.75) is 19.9 Å². The minimum absolute atomic E-state index is 0.00531. The number of hydrogen-bond donors (Lipinski definition) is 0. The number of carbonyl (C=O) groups excluding carboxylic acids is 2. The van der Waals surface area contributed by atoms with Crippen molar-refractivity contribution in [3.63, 3.8) is 0 Å². The lowest BCUT2D eigenvalue weighted by atomic mass is 10.1. The molecule has 1 aromatic carbocycles. The summed E-state index contributed by atoms with van der Waals surface area (Å²) in [5.74, 6) is 0.0443. The molecule has 2 saturated heterocycles. The fourth-order valence-corrected chi connectivity index (χ4v) is 3.98. The van der Waals surface area contributed by atoms with Crippen molar-refractivity contribution in [1.82, 2.24) is 14.5 Å². The van der Waals surface area contributed by atoms with E-state index in [2.05, 4.69) is 21.4 Å². The summed E-state index contributed by atoms with van der Waals surface area (Å²) in [5, 5.41) is 0. The fourth-order valence-electron chi connectivity index (χ4n) is 3.98. The lowest BCUT2D eigenvalue weighted by molar-refractivity contribution is -0.136. The van der Waals surface area contributed by atoms with Crippen LogP contribution < -0.4 is 9.80 Å². The number of imidazole rings is 1. The minimum atomic E-state index is -0.387. The quantitative estimate of drug-likeness (QED) is 0.805. The van der Waals surface area contributed by atoms with Crippen LogP contribution in [-0.4, -0.2) is 59.0 Å². The minimum Gasteiger partial charge on any atom is -0.339 e. The van der Waals surface area contributed by atoms with Gasteiger partial charge in [-0.3, -0.25) is 9.59 Å². The van der Waals surface area contributed by atoms with Crippen LogP contribution in [-0.2, 0) is 16.1 Å². The van der Waals surface area contributed by atoms with Crippen LogP contribution in [0.4, 0.5) is 16.0 Å². The van der Waals surface area contributed by atoms with Crippen LogP contribution in [0.5, 0.6) is 0 Å². The van der Waals surface area contributed by atoms with E-state index >= 15 is 0 Å². The molecule has 4 rings (SSSR count). The van der Waals surface area contributed by atoms with E-state index in [1.165, 1.54) is 17.0 Å². The fraction of sp³-hybridized carbons (Fsp3) is 0.450. The third-order valence-corrected chi connectivity index (χ3v) is 5.50. The Morgan fingerprint density at radius 2 is 2.04 bits per heavy atom. The molecule has 2 aromatic rings. The highest BCUT2D eigenvalue weighted by Crippen LogP contribution is 2.27. The Balaban J connectivity index is 1.37. The maximum Gasteiger partial charge on any atom is 0.228 e. The van der Waals surface area contributed by atoms with Gasteiger partial charge in [-0.1, -0.05) is 6.07 Å². The Morgan fingerprint density at radius 1 is 1.25 bits per heavy atom. The molecule has 2 aliphatic heterocycles. The normalized spacial score (nSPS) is 20.1. The van der Waals surface area contributed by atoms with E-state index in [9.17, 15) is 14.0 Å². The van der Waals surface area contributed by atoms with Crippen molar-refractivity contribution in [2.24, 2.45) is 5.92 Å². The molecule has 0 radical (unpaired) electrons. The molecule has 2 amide bonds. The predicted octanol–water partition coefficient (Wildman–Crippen LogP) is 1.74. The first-order valence-corrected chi connectivity index (χ1v) is 9.67. The number of carbonyl (C=O) groups is 2. The highest BCUT2D eigenvalue weighted by Gasteiger charge is 2.38. The number of benzene rings is 1. The SMILES string of the molecule is CCn1ccnc1N1CCN(C(=O)C2CC(=O)N(c3cccc(F)c3)C2)CC1. The molecule has 148 valence electrons. The van der Waals surface area contributed by atoms with Gasteiger partial charge in [0.2, 0.25) is 17.8 Å². The van der Waals surface area contributed by atoms with Gasteiger partial charge in [-0.15, -0.1) is 0 Å². The lowest BCUT2D eigenvalue weighted by Gasteiger charge is -2.36. The van der Waals surface area contributed by atoms with E-state index in [4.69, 9.17) is 0 Å². The van der Waals surface area contributed by atoms with Crippen molar-refractivity contribution in [2.75, 3.05) is 42.5 Å². The molecular weight excluding hydrogens is 361 g/mol. The molecular formula is C20H24FN5O2. The number of rotatable bonds is 4. The van der Waals surface area contributed by atoms with Gasteiger partial charge in [0.05, 0.1) is 5.92 Å². The van der Waals surface area contributed by atoms with Crippen molar-refractivity contribution < 1.29 is 14.0 Å². The maximum absolute atomic E-state index is 13.5. The van der Waals surface area contributed by atoms with Gasteiger partial charge in [0, 0.05) is 63.8 Å². The Labute approximate surface area is 163 Å². The average Bonchev–Trinajstić information content (AvgIpc) is 3.34. The highest BCUT2D eigenvalue weighted by atomic mass is 19.1. The second-order valence-electron chi connectivity index (χ2n) is 7.21. The first kappa shape index (κ1) is 18.5. The number of aryl methyl sites for hydroxylation is 1.